The van der Waals surface area contributed by atoms with Crippen LogP contribution in [-0.2, 0) is 17.8 Å². The van der Waals surface area contributed by atoms with E-state index in [1.54, 1.807) is 13.0 Å². The molecule has 0 unspecified atom stereocenters. The minimum absolute atomic E-state index is 0.0933. The topological polar surface area (TPSA) is 42.0 Å². The Bertz CT molecular complexity index is 950. The lowest BCUT2D eigenvalue weighted by molar-refractivity contribution is -0.120. The van der Waals surface area contributed by atoms with Crippen LogP contribution in [0.5, 0.6) is 0 Å². The van der Waals surface area contributed by atoms with Gasteiger partial charge >= 0.3 is 0 Å². The molecule has 0 aliphatic heterocycles. The van der Waals surface area contributed by atoms with Crippen molar-refractivity contribution in [1.82, 2.24) is 10.3 Å². The first kappa shape index (κ1) is 17.1. The first-order valence-corrected chi connectivity index (χ1v) is 8.32. The molecule has 3 aromatic rings. The molecular formula is C21H21FN2O. The van der Waals surface area contributed by atoms with Crippen LogP contribution in [0, 0.1) is 26.6 Å². The van der Waals surface area contributed by atoms with Gasteiger partial charge in [0.2, 0.25) is 5.91 Å². The minimum atomic E-state index is -0.253. The summed E-state index contributed by atoms with van der Waals surface area (Å²) >= 11 is 0. The van der Waals surface area contributed by atoms with E-state index in [0.29, 0.717) is 12.1 Å². The van der Waals surface area contributed by atoms with Gasteiger partial charge in [0.05, 0.1) is 11.9 Å². The molecule has 0 aliphatic carbocycles. The Labute approximate surface area is 146 Å². The van der Waals surface area contributed by atoms with Gasteiger partial charge < -0.3 is 5.32 Å². The summed E-state index contributed by atoms with van der Waals surface area (Å²) < 4.78 is 13.6. The first-order chi connectivity index (χ1) is 12.0. The number of fused-ring (bicyclic) bond motifs is 1. The second kappa shape index (κ2) is 7.01. The summed E-state index contributed by atoms with van der Waals surface area (Å²) in [7, 11) is 0. The summed E-state index contributed by atoms with van der Waals surface area (Å²) in [6, 6.07) is 12.9. The van der Waals surface area contributed by atoms with Gasteiger partial charge in [-0.1, -0.05) is 30.3 Å². The Morgan fingerprint density at radius 2 is 1.88 bits per heavy atom. The molecule has 4 heteroatoms. The van der Waals surface area contributed by atoms with Crippen molar-refractivity contribution >= 4 is 16.8 Å². The number of pyridine rings is 1. The number of carbonyl (C=O) groups excluding carboxylic acids is 1. The molecule has 1 heterocycles. The number of halogens is 1. The zero-order valence-corrected chi connectivity index (χ0v) is 14.7. The maximum Gasteiger partial charge on any atom is 0.224 e. The van der Waals surface area contributed by atoms with Gasteiger partial charge in [-0.15, -0.1) is 0 Å². The van der Waals surface area contributed by atoms with E-state index in [9.17, 15) is 9.18 Å². The van der Waals surface area contributed by atoms with E-state index in [2.05, 4.69) is 10.3 Å². The van der Waals surface area contributed by atoms with Gasteiger partial charge in [-0.25, -0.2) is 4.39 Å². The van der Waals surface area contributed by atoms with Crippen LogP contribution in [0.4, 0.5) is 4.39 Å². The number of nitrogens with one attached hydrogen (secondary N) is 1. The van der Waals surface area contributed by atoms with E-state index in [1.807, 2.05) is 44.2 Å². The highest BCUT2D eigenvalue weighted by Gasteiger charge is 2.13. The van der Waals surface area contributed by atoms with E-state index in [-0.39, 0.29) is 18.1 Å². The quantitative estimate of drug-likeness (QED) is 0.777. The van der Waals surface area contributed by atoms with E-state index < -0.39 is 0 Å². The van der Waals surface area contributed by atoms with Crippen molar-refractivity contribution in [2.45, 2.75) is 33.7 Å². The average molecular weight is 336 g/mol. The first-order valence-electron chi connectivity index (χ1n) is 8.32. The van der Waals surface area contributed by atoms with Crippen LogP contribution in [-0.4, -0.2) is 10.9 Å². The Balaban J connectivity index is 1.74. The summed E-state index contributed by atoms with van der Waals surface area (Å²) in [5, 5.41) is 3.93. The van der Waals surface area contributed by atoms with E-state index in [1.165, 1.54) is 6.07 Å². The fourth-order valence-corrected chi connectivity index (χ4v) is 3.00. The van der Waals surface area contributed by atoms with E-state index >= 15 is 0 Å². The monoisotopic (exact) mass is 336 g/mol. The van der Waals surface area contributed by atoms with Crippen molar-refractivity contribution in [1.29, 1.82) is 0 Å². The lowest BCUT2D eigenvalue weighted by Crippen LogP contribution is -2.25. The van der Waals surface area contributed by atoms with Crippen LogP contribution < -0.4 is 5.32 Å². The minimum Gasteiger partial charge on any atom is -0.352 e. The van der Waals surface area contributed by atoms with Gasteiger partial charge in [0.1, 0.15) is 5.82 Å². The lowest BCUT2D eigenvalue weighted by Gasteiger charge is -2.13. The molecule has 128 valence electrons. The number of para-hydroxylation sites is 1. The number of hydrogen-bond donors (Lipinski definition) is 1. The number of carbonyl (C=O) groups is 1. The van der Waals surface area contributed by atoms with E-state index in [0.717, 1.165) is 33.3 Å². The molecule has 0 bridgehead atoms. The van der Waals surface area contributed by atoms with Crippen LogP contribution in [0.1, 0.15) is 27.9 Å². The molecule has 25 heavy (non-hydrogen) atoms. The molecule has 0 radical (unpaired) electrons. The number of rotatable bonds is 4. The maximum absolute atomic E-state index is 13.6. The molecule has 3 nitrogen and oxygen atoms in total. The Morgan fingerprint density at radius 3 is 2.64 bits per heavy atom. The number of nitrogens with zero attached hydrogens (tertiary/aromatic N) is 1. The van der Waals surface area contributed by atoms with Crippen molar-refractivity contribution in [2.24, 2.45) is 0 Å². The molecule has 0 fully saturated rings. The predicted molar refractivity (Wildman–Crippen MR) is 97.9 cm³/mol. The third-order valence-corrected chi connectivity index (χ3v) is 4.55. The molecule has 0 atom stereocenters. The Morgan fingerprint density at radius 1 is 1.12 bits per heavy atom. The van der Waals surface area contributed by atoms with Gasteiger partial charge in [0.25, 0.3) is 0 Å². The van der Waals surface area contributed by atoms with Gasteiger partial charge in [-0.2, -0.15) is 0 Å². The second-order valence-electron chi connectivity index (χ2n) is 6.35. The number of benzene rings is 2. The molecule has 0 spiro atoms. The van der Waals surface area contributed by atoms with E-state index in [4.69, 9.17) is 0 Å². The predicted octanol–water partition coefficient (Wildman–Crippen LogP) is 4.16. The smallest absolute Gasteiger partial charge is 0.224 e. The Hall–Kier alpha value is -2.75. The molecular weight excluding hydrogens is 315 g/mol. The maximum atomic E-state index is 13.6. The average Bonchev–Trinajstić information content (AvgIpc) is 2.59. The van der Waals surface area contributed by atoms with Crippen LogP contribution in [0.25, 0.3) is 10.9 Å². The van der Waals surface area contributed by atoms with Crippen molar-refractivity contribution < 1.29 is 9.18 Å². The highest BCUT2D eigenvalue weighted by Crippen LogP contribution is 2.22. The molecule has 2 aromatic carbocycles. The normalized spacial score (nSPS) is 10.9. The molecule has 3 rings (SSSR count). The molecule has 0 saturated carbocycles. The fraction of sp³-hybridized carbons (Fsp3) is 0.238. The summed E-state index contributed by atoms with van der Waals surface area (Å²) in [6.07, 6.45) is 0.268. The SMILES string of the molecule is Cc1ccc(CNC(=O)Cc2c(C)nc3ccccc3c2C)cc1F. The van der Waals surface area contributed by atoms with Crippen LogP contribution in [0.15, 0.2) is 42.5 Å². The van der Waals surface area contributed by atoms with Gasteiger partial charge in [0.15, 0.2) is 0 Å². The van der Waals surface area contributed by atoms with Crippen molar-refractivity contribution in [3.63, 3.8) is 0 Å². The molecule has 0 saturated heterocycles. The van der Waals surface area contributed by atoms with Gasteiger partial charge in [-0.3, -0.25) is 9.78 Å². The summed E-state index contributed by atoms with van der Waals surface area (Å²) in [5.41, 5.74) is 5.19. The molecule has 0 aliphatic rings. The zero-order chi connectivity index (χ0) is 18.0. The number of aromatic nitrogens is 1. The lowest BCUT2D eigenvalue weighted by atomic mass is 9.99. The van der Waals surface area contributed by atoms with Crippen LogP contribution in [0.2, 0.25) is 0 Å². The standard InChI is InChI=1S/C21H21FN2O/c1-13-8-9-16(10-19(13)22)12-23-21(25)11-18-14(2)17-6-4-5-7-20(17)24-15(18)3/h4-10H,11-12H2,1-3H3,(H,23,25). The van der Waals surface area contributed by atoms with Crippen LogP contribution >= 0.6 is 0 Å². The summed E-state index contributed by atoms with van der Waals surface area (Å²) in [5.74, 6) is -0.346. The van der Waals surface area contributed by atoms with Crippen molar-refractivity contribution in [3.8, 4) is 0 Å². The van der Waals surface area contributed by atoms with Gasteiger partial charge in [-0.05, 0) is 55.2 Å². The van der Waals surface area contributed by atoms with Crippen LogP contribution in [0.3, 0.4) is 0 Å². The molecule has 1 N–H and O–H groups in total. The molecule has 1 aromatic heterocycles. The fourth-order valence-electron chi connectivity index (χ4n) is 3.00. The Kier molecular flexibility index (Phi) is 4.79. The highest BCUT2D eigenvalue weighted by molar-refractivity contribution is 5.86. The zero-order valence-electron chi connectivity index (χ0n) is 14.7. The van der Waals surface area contributed by atoms with Crippen molar-refractivity contribution in [2.75, 3.05) is 0 Å². The third-order valence-electron chi connectivity index (χ3n) is 4.55. The highest BCUT2D eigenvalue weighted by atomic mass is 19.1. The summed E-state index contributed by atoms with van der Waals surface area (Å²) in [6.45, 7) is 5.98. The van der Waals surface area contributed by atoms with Crippen molar-refractivity contribution in [3.05, 3.63) is 76.2 Å². The summed E-state index contributed by atoms with van der Waals surface area (Å²) in [4.78, 5) is 16.9. The number of aryl methyl sites for hydroxylation is 3. The number of amides is 1. The second-order valence-corrected chi connectivity index (χ2v) is 6.35. The van der Waals surface area contributed by atoms with Gasteiger partial charge in [0, 0.05) is 17.6 Å². The third kappa shape index (κ3) is 3.68. The number of hydrogen-bond acceptors (Lipinski definition) is 2. The molecule has 1 amide bonds. The largest absolute Gasteiger partial charge is 0.352 e.